The van der Waals surface area contributed by atoms with E-state index in [2.05, 4.69) is 30.7 Å². The van der Waals surface area contributed by atoms with E-state index in [9.17, 15) is 33.6 Å². The Morgan fingerprint density at radius 3 is 1.48 bits per heavy atom. The molecule has 0 spiro atoms. The molecule has 0 aliphatic carbocycles. The van der Waals surface area contributed by atoms with Gasteiger partial charge >= 0.3 is 30.2 Å². The van der Waals surface area contributed by atoms with Gasteiger partial charge < -0.3 is 87.6 Å². The lowest BCUT2D eigenvalue weighted by Crippen LogP contribution is -2.52. The summed E-state index contributed by atoms with van der Waals surface area (Å²) < 4.78 is 74.4. The molecule has 2 aliphatic heterocycles. The molecule has 394 valence electrons. The molecule has 2 fully saturated rings. The van der Waals surface area contributed by atoms with Crippen molar-refractivity contribution in [2.75, 3.05) is 155 Å². The highest BCUT2D eigenvalue weighted by molar-refractivity contribution is 7.99. The number of ether oxygens (including phenoxy) is 14. The summed E-state index contributed by atoms with van der Waals surface area (Å²) in [6.07, 6.45) is -3.76. The molecule has 0 saturated carbocycles. The van der Waals surface area contributed by atoms with Gasteiger partial charge in [0.05, 0.1) is 100.0 Å². The Hall–Kier alpha value is -4.19. The Morgan fingerprint density at radius 1 is 0.609 bits per heavy atom. The van der Waals surface area contributed by atoms with Crippen molar-refractivity contribution in [1.82, 2.24) is 16.0 Å². The van der Waals surface area contributed by atoms with Gasteiger partial charge in [-0.15, -0.1) is 0 Å². The van der Waals surface area contributed by atoms with Crippen molar-refractivity contribution in [2.24, 2.45) is 0 Å². The van der Waals surface area contributed by atoms with Crippen molar-refractivity contribution in [3.05, 3.63) is 20.4 Å². The Morgan fingerprint density at radius 2 is 1.04 bits per heavy atom. The second kappa shape index (κ2) is 33.4. The summed E-state index contributed by atoms with van der Waals surface area (Å²) in [6.45, 7) is 8.39. The van der Waals surface area contributed by atoms with Crippen LogP contribution in [0.15, 0.2) is 9.59 Å². The third-order valence-electron chi connectivity index (χ3n) is 9.55. The van der Waals surface area contributed by atoms with Crippen LogP contribution < -0.4 is 36.9 Å². The molecule has 25 nitrogen and oxygen atoms in total. The highest BCUT2D eigenvalue weighted by atomic mass is 32.2. The number of nitrogens with one attached hydrogen (secondary N) is 4. The van der Waals surface area contributed by atoms with Crippen LogP contribution in [-0.4, -0.2) is 209 Å². The van der Waals surface area contributed by atoms with Gasteiger partial charge in [0.1, 0.15) is 11.8 Å². The summed E-state index contributed by atoms with van der Waals surface area (Å²) in [6, 6.07) is 0. The van der Waals surface area contributed by atoms with Gasteiger partial charge in [0.2, 0.25) is 0 Å². The maximum absolute atomic E-state index is 12.7. The highest BCUT2D eigenvalue weighted by Gasteiger charge is 2.43. The predicted molar refractivity (Wildman–Crippen MR) is 248 cm³/mol. The SMILES string of the molecule is CCOc1c(NCCSCCCOCCOCCOCCOCCCSCCNC(=O)OC(CNC(=O)OC2COC(C)(C(=O)OC)OC2)CNC(=O)OC2COC(C)(C(=O)OC)OC2)c(=O)c1=O. The van der Waals surface area contributed by atoms with Crippen LogP contribution in [0.25, 0.3) is 0 Å². The van der Waals surface area contributed by atoms with Crippen LogP contribution >= 0.6 is 23.5 Å². The Labute approximate surface area is 408 Å². The molecule has 0 radical (unpaired) electrons. The number of hydrogen-bond donors (Lipinski definition) is 4. The first-order valence-electron chi connectivity index (χ1n) is 22.5. The first kappa shape index (κ1) is 59.1. The molecule has 27 heteroatoms. The monoisotopic (exact) mass is 1030 g/mol. The number of methoxy groups -OCH3 is 2. The lowest BCUT2D eigenvalue weighted by molar-refractivity contribution is -0.279. The summed E-state index contributed by atoms with van der Waals surface area (Å²) in [5.41, 5.74) is -0.816. The summed E-state index contributed by atoms with van der Waals surface area (Å²) in [5, 5.41) is 10.6. The van der Waals surface area contributed by atoms with Gasteiger partial charge in [0.25, 0.3) is 22.4 Å². The number of thioether (sulfide) groups is 2. The summed E-state index contributed by atoms with van der Waals surface area (Å²) >= 11 is 3.33. The van der Waals surface area contributed by atoms with Crippen molar-refractivity contribution in [3.63, 3.8) is 0 Å². The van der Waals surface area contributed by atoms with E-state index in [1.165, 1.54) is 28.1 Å². The normalized spacial score (nSPS) is 20.5. The lowest BCUT2D eigenvalue weighted by Gasteiger charge is -2.34. The summed E-state index contributed by atoms with van der Waals surface area (Å²) in [4.78, 5) is 84.8. The zero-order chi connectivity index (χ0) is 50.3. The van der Waals surface area contributed by atoms with Crippen LogP contribution in [0, 0.1) is 0 Å². The molecule has 3 rings (SSSR count). The van der Waals surface area contributed by atoms with Crippen molar-refractivity contribution >= 4 is 59.4 Å². The summed E-state index contributed by atoms with van der Waals surface area (Å²) in [7, 11) is 2.37. The third kappa shape index (κ3) is 22.6. The Kier molecular flexibility index (Phi) is 28.6. The van der Waals surface area contributed by atoms with Crippen molar-refractivity contribution in [3.8, 4) is 5.75 Å². The van der Waals surface area contributed by atoms with E-state index >= 15 is 0 Å². The van der Waals surface area contributed by atoms with Crippen LogP contribution in [0.2, 0.25) is 0 Å². The Balaban J connectivity index is 1.18. The maximum atomic E-state index is 12.7. The molecule has 2 saturated heterocycles. The first-order chi connectivity index (χ1) is 33.2. The molecular weight excluding hydrogens is 961 g/mol. The topological polar surface area (TPSA) is 297 Å². The van der Waals surface area contributed by atoms with Gasteiger partial charge in [0.15, 0.2) is 18.0 Å². The number of carbonyl (C=O) groups excluding carboxylic acids is 5. The smallest absolute Gasteiger partial charge is 0.407 e. The first-order valence-corrected chi connectivity index (χ1v) is 24.8. The minimum atomic E-state index is -1.64. The van der Waals surface area contributed by atoms with Crippen molar-refractivity contribution < 1.29 is 90.3 Å². The number of hydrogen-bond acceptors (Lipinski definition) is 24. The van der Waals surface area contributed by atoms with Gasteiger partial charge in [-0.1, -0.05) is 0 Å². The van der Waals surface area contributed by atoms with Crippen LogP contribution in [0.5, 0.6) is 5.75 Å². The van der Waals surface area contributed by atoms with E-state index in [0.717, 1.165) is 30.1 Å². The van der Waals surface area contributed by atoms with E-state index in [0.29, 0.717) is 71.8 Å². The molecule has 4 N–H and O–H groups in total. The van der Waals surface area contributed by atoms with E-state index < -0.39 is 71.0 Å². The molecule has 0 unspecified atom stereocenters. The number of rotatable bonds is 35. The molecule has 1 aromatic carbocycles. The van der Waals surface area contributed by atoms with E-state index in [-0.39, 0.29) is 57.5 Å². The minimum absolute atomic E-state index is 0.134. The maximum Gasteiger partial charge on any atom is 0.407 e. The molecule has 2 heterocycles. The molecule has 0 aromatic heterocycles. The molecule has 3 amide bonds. The quantitative estimate of drug-likeness (QED) is 0.0313. The average molecular weight is 1030 g/mol. The third-order valence-corrected chi connectivity index (χ3v) is 11.7. The number of alkyl carbamates (subject to hydrolysis) is 3. The van der Waals surface area contributed by atoms with Gasteiger partial charge in [0, 0.05) is 51.7 Å². The average Bonchev–Trinajstić information content (AvgIpc) is 3.35. The van der Waals surface area contributed by atoms with Crippen LogP contribution in [0.3, 0.4) is 0 Å². The number of esters is 2. The molecular formula is C42H68N4O21S2. The van der Waals surface area contributed by atoms with Gasteiger partial charge in [-0.05, 0) is 31.3 Å². The van der Waals surface area contributed by atoms with Crippen molar-refractivity contribution in [2.45, 2.75) is 63.5 Å². The highest BCUT2D eigenvalue weighted by Crippen LogP contribution is 2.23. The zero-order valence-corrected chi connectivity index (χ0v) is 41.5. The van der Waals surface area contributed by atoms with Gasteiger partial charge in [-0.2, -0.15) is 23.5 Å². The molecule has 0 bridgehead atoms. The fraction of sp³-hybridized carbons (Fsp3) is 0.786. The number of anilines is 1. The van der Waals surface area contributed by atoms with Crippen molar-refractivity contribution in [1.29, 1.82) is 0 Å². The standard InChI is InChI=1S/C42H68N4O21S2/c1-6-60-35-32(33(47)34(35)48)43-9-21-68-19-7-11-56-13-15-58-17-18-59-16-14-57-12-8-20-69-22-10-44-38(51)65-29(23-45-39(52)66-30-25-61-41(2,62-26-30)36(49)54-4)24-46-40(53)67-31-27-63-42(3,64-28-31)37(50)55-5/h29-31,43H,6-28H2,1-5H3,(H,44,51)(H,45,52)(H,46,53). The fourth-order valence-electron chi connectivity index (χ4n) is 5.84. The van der Waals surface area contributed by atoms with Crippen LogP contribution in [0.4, 0.5) is 20.1 Å². The zero-order valence-electron chi connectivity index (χ0n) is 39.9. The van der Waals surface area contributed by atoms with E-state index in [1.54, 1.807) is 30.4 Å². The van der Waals surface area contributed by atoms with E-state index in [4.69, 9.17) is 56.8 Å². The second-order valence-corrected chi connectivity index (χ2v) is 17.4. The van der Waals surface area contributed by atoms with Crippen LogP contribution in [0.1, 0.15) is 33.6 Å². The van der Waals surface area contributed by atoms with E-state index in [1.807, 2.05) is 0 Å². The second-order valence-electron chi connectivity index (χ2n) is 15.0. The Bertz CT molecular complexity index is 1690. The predicted octanol–water partition coefficient (Wildman–Crippen LogP) is 0.563. The van der Waals surface area contributed by atoms with Gasteiger partial charge in [-0.25, -0.2) is 24.0 Å². The fourth-order valence-corrected chi connectivity index (χ4v) is 7.38. The molecule has 1 aromatic rings. The minimum Gasteiger partial charge on any atom is -0.488 e. The number of amides is 3. The number of carbonyl (C=O) groups is 5. The lowest BCUT2D eigenvalue weighted by atomic mass is 10.2. The molecule has 2 aliphatic rings. The summed E-state index contributed by atoms with van der Waals surface area (Å²) in [5.74, 6) is -1.59. The van der Waals surface area contributed by atoms with Crippen LogP contribution in [-0.2, 0) is 71.2 Å². The molecule has 69 heavy (non-hydrogen) atoms. The van der Waals surface area contributed by atoms with Gasteiger partial charge in [-0.3, -0.25) is 9.59 Å². The molecule has 0 atom stereocenters. The largest absolute Gasteiger partial charge is 0.488 e.